The van der Waals surface area contributed by atoms with E-state index in [2.05, 4.69) is 5.10 Å². The van der Waals surface area contributed by atoms with Gasteiger partial charge in [0, 0.05) is 12.6 Å². The lowest BCUT2D eigenvalue weighted by Gasteiger charge is -2.09. The molecule has 0 radical (unpaired) electrons. The van der Waals surface area contributed by atoms with E-state index in [0.717, 1.165) is 11.1 Å². The monoisotopic (exact) mass is 260 g/mol. The number of hydrogen-bond acceptors (Lipinski definition) is 4. The predicted octanol–water partition coefficient (Wildman–Crippen LogP) is 1.52. The smallest absolute Gasteiger partial charge is 0.356 e. The highest BCUT2D eigenvalue weighted by molar-refractivity contribution is 5.87. The maximum Gasteiger partial charge on any atom is 0.356 e. The molecule has 0 aliphatic carbocycles. The lowest BCUT2D eigenvalue weighted by atomic mass is 9.99. The van der Waals surface area contributed by atoms with Gasteiger partial charge in [-0.2, -0.15) is 5.10 Å². The van der Waals surface area contributed by atoms with Crippen LogP contribution in [0.25, 0.3) is 11.3 Å². The number of nitrogens with zero attached hydrogens (tertiary/aromatic N) is 2. The first kappa shape index (κ1) is 11.7. The minimum atomic E-state index is -1.09. The number of rotatable bonds is 2. The summed E-state index contributed by atoms with van der Waals surface area (Å²) in [4.78, 5) is 11.0. The van der Waals surface area contributed by atoms with Gasteiger partial charge in [-0.05, 0) is 23.3 Å². The second-order valence-corrected chi connectivity index (χ2v) is 4.43. The zero-order chi connectivity index (χ0) is 13.6. The summed E-state index contributed by atoms with van der Waals surface area (Å²) < 4.78 is 6.82. The van der Waals surface area contributed by atoms with E-state index in [0.29, 0.717) is 24.5 Å². The van der Waals surface area contributed by atoms with Crippen LogP contribution < -0.4 is 0 Å². The highest BCUT2D eigenvalue weighted by Gasteiger charge is 2.23. The zero-order valence-electron chi connectivity index (χ0n) is 10.3. The molecule has 1 aromatic heterocycles. The number of hydrogen-bond donors (Lipinski definition) is 2. The van der Waals surface area contributed by atoms with Crippen LogP contribution in [-0.2, 0) is 25.0 Å². The van der Waals surface area contributed by atoms with Crippen molar-refractivity contribution in [1.29, 1.82) is 0 Å². The average Bonchev–Trinajstić information content (AvgIpc) is 2.96. The fourth-order valence-corrected chi connectivity index (χ4v) is 2.33. The normalized spacial score (nSPS) is 13.5. The van der Waals surface area contributed by atoms with Gasteiger partial charge in [0.1, 0.15) is 5.75 Å². The fraction of sp³-hybridized carbons (Fsp3) is 0.231. The van der Waals surface area contributed by atoms with E-state index in [9.17, 15) is 9.90 Å². The molecular formula is C13H12N2O4. The number of aryl methyl sites for hydroxylation is 1. The quantitative estimate of drug-likeness (QED) is 0.855. The number of phenolic OH excluding ortho intramolecular Hbond substituents is 1. The molecule has 1 aromatic carbocycles. The Morgan fingerprint density at radius 3 is 2.89 bits per heavy atom. The number of aromatic hydroxyl groups is 1. The van der Waals surface area contributed by atoms with Crippen molar-refractivity contribution in [2.24, 2.45) is 7.05 Å². The van der Waals surface area contributed by atoms with Crippen LogP contribution in [0, 0.1) is 0 Å². The van der Waals surface area contributed by atoms with Crippen molar-refractivity contribution in [3.8, 4) is 17.0 Å². The third-order valence-electron chi connectivity index (χ3n) is 3.25. The first-order valence-electron chi connectivity index (χ1n) is 5.77. The first-order valence-corrected chi connectivity index (χ1v) is 5.77. The van der Waals surface area contributed by atoms with Crippen LogP contribution in [0.4, 0.5) is 0 Å². The number of carboxylic acids is 1. The van der Waals surface area contributed by atoms with E-state index in [1.165, 1.54) is 10.7 Å². The van der Waals surface area contributed by atoms with Crippen molar-refractivity contribution >= 4 is 5.97 Å². The molecule has 0 amide bonds. The number of carboxylic acid groups (broad SMARTS) is 1. The van der Waals surface area contributed by atoms with Gasteiger partial charge < -0.3 is 14.9 Å². The summed E-state index contributed by atoms with van der Waals surface area (Å²) in [5.74, 6) is -0.991. The Morgan fingerprint density at radius 1 is 1.42 bits per heavy atom. The summed E-state index contributed by atoms with van der Waals surface area (Å²) in [6, 6.07) is 4.86. The molecule has 6 nitrogen and oxygen atoms in total. The molecule has 3 rings (SSSR count). The van der Waals surface area contributed by atoms with Crippen LogP contribution >= 0.6 is 0 Å². The van der Waals surface area contributed by atoms with Gasteiger partial charge in [-0.25, -0.2) is 4.79 Å². The Kier molecular flexibility index (Phi) is 2.53. The van der Waals surface area contributed by atoms with Gasteiger partial charge in [-0.15, -0.1) is 0 Å². The molecule has 0 unspecified atom stereocenters. The highest BCUT2D eigenvalue weighted by Crippen LogP contribution is 2.38. The van der Waals surface area contributed by atoms with Crippen LogP contribution in [0.2, 0.25) is 0 Å². The van der Waals surface area contributed by atoms with E-state index in [1.54, 1.807) is 13.1 Å². The second kappa shape index (κ2) is 4.10. The molecule has 19 heavy (non-hydrogen) atoms. The highest BCUT2D eigenvalue weighted by atomic mass is 16.5. The van der Waals surface area contributed by atoms with E-state index in [-0.39, 0.29) is 11.4 Å². The van der Waals surface area contributed by atoms with E-state index in [4.69, 9.17) is 9.84 Å². The molecule has 0 saturated heterocycles. The topological polar surface area (TPSA) is 84.6 Å². The Bertz CT molecular complexity index is 676. The molecule has 0 spiro atoms. The molecule has 1 aliphatic heterocycles. The molecule has 0 saturated carbocycles. The molecule has 98 valence electrons. The van der Waals surface area contributed by atoms with Gasteiger partial charge in [0.25, 0.3) is 0 Å². The summed E-state index contributed by atoms with van der Waals surface area (Å²) >= 11 is 0. The van der Waals surface area contributed by atoms with Crippen molar-refractivity contribution in [2.75, 3.05) is 0 Å². The molecule has 0 fully saturated rings. The number of carbonyl (C=O) groups is 1. The molecular weight excluding hydrogens is 248 g/mol. The third kappa shape index (κ3) is 1.77. The summed E-state index contributed by atoms with van der Waals surface area (Å²) in [6.45, 7) is 0.916. The number of aromatic nitrogens is 2. The largest absolute Gasteiger partial charge is 0.507 e. The van der Waals surface area contributed by atoms with Crippen LogP contribution in [0.3, 0.4) is 0 Å². The maximum atomic E-state index is 11.0. The molecule has 0 bridgehead atoms. The fourth-order valence-electron chi connectivity index (χ4n) is 2.33. The molecule has 6 heteroatoms. The summed E-state index contributed by atoms with van der Waals surface area (Å²) in [6.07, 6.45) is 0. The van der Waals surface area contributed by atoms with Gasteiger partial charge in [0.2, 0.25) is 0 Å². The second-order valence-electron chi connectivity index (χ2n) is 4.43. The van der Waals surface area contributed by atoms with Gasteiger partial charge in [-0.1, -0.05) is 6.07 Å². The number of ether oxygens (including phenoxy) is 1. The van der Waals surface area contributed by atoms with Crippen molar-refractivity contribution in [3.05, 3.63) is 35.0 Å². The Balaban J connectivity index is 2.22. The maximum absolute atomic E-state index is 11.0. The van der Waals surface area contributed by atoms with Crippen LogP contribution in [0.5, 0.6) is 5.75 Å². The lowest BCUT2D eigenvalue weighted by Crippen LogP contribution is -2.00. The predicted molar refractivity (Wildman–Crippen MR) is 65.8 cm³/mol. The van der Waals surface area contributed by atoms with Crippen LogP contribution in [-0.4, -0.2) is 26.0 Å². The molecule has 2 N–H and O–H groups in total. The van der Waals surface area contributed by atoms with Crippen molar-refractivity contribution in [1.82, 2.24) is 9.78 Å². The molecule has 0 atom stereocenters. The molecule has 2 heterocycles. The molecule has 1 aliphatic rings. The summed E-state index contributed by atoms with van der Waals surface area (Å²) in [5, 5.41) is 22.9. The number of benzene rings is 1. The number of aromatic carboxylic acids is 1. The van der Waals surface area contributed by atoms with E-state index < -0.39 is 5.97 Å². The van der Waals surface area contributed by atoms with Gasteiger partial charge in [0.15, 0.2) is 5.69 Å². The third-order valence-corrected chi connectivity index (χ3v) is 3.25. The number of fused-ring (bicyclic) bond motifs is 1. The average molecular weight is 260 g/mol. The van der Waals surface area contributed by atoms with Crippen molar-refractivity contribution in [3.63, 3.8) is 0 Å². The van der Waals surface area contributed by atoms with E-state index >= 15 is 0 Å². The molecule has 2 aromatic rings. The minimum Gasteiger partial charge on any atom is -0.507 e. The van der Waals surface area contributed by atoms with Crippen molar-refractivity contribution in [2.45, 2.75) is 13.2 Å². The first-order chi connectivity index (χ1) is 9.08. The minimum absolute atomic E-state index is 0.0478. The van der Waals surface area contributed by atoms with Gasteiger partial charge in [-0.3, -0.25) is 4.68 Å². The lowest BCUT2D eigenvalue weighted by molar-refractivity contribution is 0.0689. The Hall–Kier alpha value is -2.34. The standard InChI is InChI=1S/C13H12N2O4/c1-15-10(4-9(14-15)13(17)18)12-8-6-19-5-7(8)2-3-11(12)16/h2-4,16H,5-6H2,1H3,(H,17,18). The van der Waals surface area contributed by atoms with Crippen LogP contribution in [0.1, 0.15) is 21.6 Å². The Morgan fingerprint density at radius 2 is 2.21 bits per heavy atom. The zero-order valence-corrected chi connectivity index (χ0v) is 10.3. The SMILES string of the molecule is Cn1nc(C(=O)O)cc1-c1c(O)ccc2c1COC2. The van der Waals surface area contributed by atoms with Gasteiger partial charge >= 0.3 is 5.97 Å². The Labute approximate surface area is 108 Å². The summed E-state index contributed by atoms with van der Waals surface area (Å²) in [7, 11) is 1.65. The van der Waals surface area contributed by atoms with Crippen LogP contribution in [0.15, 0.2) is 18.2 Å². The number of phenols is 1. The van der Waals surface area contributed by atoms with E-state index in [1.807, 2.05) is 6.07 Å². The van der Waals surface area contributed by atoms with Crippen molar-refractivity contribution < 1.29 is 19.7 Å². The summed E-state index contributed by atoms with van der Waals surface area (Å²) in [5.41, 5.74) is 3.01. The van der Waals surface area contributed by atoms with Gasteiger partial charge in [0.05, 0.1) is 18.9 Å².